The highest BCUT2D eigenvalue weighted by atomic mass is 16.3. The van der Waals surface area contributed by atoms with Crippen LogP contribution in [0.1, 0.15) is 12.8 Å². The lowest BCUT2D eigenvalue weighted by molar-refractivity contribution is 0.219. The topological polar surface area (TPSA) is 111 Å². The van der Waals surface area contributed by atoms with Crippen molar-refractivity contribution < 1.29 is 10.2 Å². The number of rotatable bonds is 16. The van der Waals surface area contributed by atoms with Gasteiger partial charge >= 0.3 is 0 Å². The molecule has 0 aromatic heterocycles. The monoisotopic (exact) mass is 305 g/mol. The number of aliphatic hydroxyl groups is 2. The van der Waals surface area contributed by atoms with Gasteiger partial charge < -0.3 is 36.8 Å². The first-order chi connectivity index (χ1) is 10.3. The Hall–Kier alpha value is -0.280. The third kappa shape index (κ3) is 13.1. The first-order valence-corrected chi connectivity index (χ1v) is 8.05. The SMILES string of the molecule is NCCN(CCCO)CCNCCN(CCN)CCCO. The molecule has 0 rings (SSSR count). The van der Waals surface area contributed by atoms with E-state index in [1.165, 1.54) is 0 Å². The van der Waals surface area contributed by atoms with Crippen LogP contribution in [0.4, 0.5) is 0 Å². The molecule has 0 aliphatic rings. The van der Waals surface area contributed by atoms with Gasteiger partial charge in [-0.1, -0.05) is 0 Å². The van der Waals surface area contributed by atoms with Gasteiger partial charge in [0.25, 0.3) is 0 Å². The maximum atomic E-state index is 8.87. The lowest BCUT2D eigenvalue weighted by atomic mass is 10.3. The molecule has 7 N–H and O–H groups in total. The van der Waals surface area contributed by atoms with Crippen molar-refractivity contribution >= 4 is 0 Å². The average Bonchev–Trinajstić information content (AvgIpc) is 2.49. The molecule has 0 bridgehead atoms. The van der Waals surface area contributed by atoms with Crippen molar-refractivity contribution in [2.75, 3.05) is 78.7 Å². The van der Waals surface area contributed by atoms with Crippen molar-refractivity contribution in [3.8, 4) is 0 Å². The summed E-state index contributed by atoms with van der Waals surface area (Å²) in [4.78, 5) is 4.54. The normalized spacial score (nSPS) is 11.7. The van der Waals surface area contributed by atoms with Gasteiger partial charge in [-0.2, -0.15) is 0 Å². The Morgan fingerprint density at radius 3 is 1.43 bits per heavy atom. The Kier molecular flexibility index (Phi) is 15.9. The molecule has 0 spiro atoms. The number of nitrogens with zero attached hydrogens (tertiary/aromatic N) is 2. The molecule has 7 nitrogen and oxygen atoms in total. The van der Waals surface area contributed by atoms with Crippen LogP contribution in [0.15, 0.2) is 0 Å². The van der Waals surface area contributed by atoms with Crippen molar-refractivity contribution in [1.29, 1.82) is 0 Å². The Morgan fingerprint density at radius 2 is 1.10 bits per heavy atom. The lowest BCUT2D eigenvalue weighted by Gasteiger charge is -2.23. The highest BCUT2D eigenvalue weighted by Crippen LogP contribution is 1.91. The first-order valence-electron chi connectivity index (χ1n) is 8.05. The zero-order valence-electron chi connectivity index (χ0n) is 13.3. The second kappa shape index (κ2) is 16.1. The van der Waals surface area contributed by atoms with Crippen LogP contribution in [-0.2, 0) is 0 Å². The summed E-state index contributed by atoms with van der Waals surface area (Å²) in [6, 6.07) is 0. The maximum absolute atomic E-state index is 8.87. The van der Waals surface area contributed by atoms with E-state index in [9.17, 15) is 0 Å². The molecule has 0 aliphatic heterocycles. The van der Waals surface area contributed by atoms with Gasteiger partial charge in [-0.15, -0.1) is 0 Å². The number of hydrogen-bond acceptors (Lipinski definition) is 7. The molecule has 0 saturated heterocycles. The van der Waals surface area contributed by atoms with Gasteiger partial charge in [-0.25, -0.2) is 0 Å². The fourth-order valence-electron chi connectivity index (χ4n) is 2.22. The summed E-state index contributed by atoms with van der Waals surface area (Å²) in [5, 5.41) is 21.2. The molecule has 0 aromatic rings. The van der Waals surface area contributed by atoms with Crippen LogP contribution in [0.3, 0.4) is 0 Å². The molecule has 0 heterocycles. The molecule has 21 heavy (non-hydrogen) atoms. The van der Waals surface area contributed by atoms with Crippen molar-refractivity contribution in [2.45, 2.75) is 12.8 Å². The Morgan fingerprint density at radius 1 is 0.667 bits per heavy atom. The summed E-state index contributed by atoms with van der Waals surface area (Å²) in [5.41, 5.74) is 11.2. The molecule has 0 atom stereocenters. The van der Waals surface area contributed by atoms with Gasteiger partial charge in [0.15, 0.2) is 0 Å². The molecule has 0 aliphatic carbocycles. The van der Waals surface area contributed by atoms with Crippen molar-refractivity contribution in [3.05, 3.63) is 0 Å². The van der Waals surface area contributed by atoms with Crippen LogP contribution in [0.2, 0.25) is 0 Å². The van der Waals surface area contributed by atoms with Gasteiger partial charge in [-0.3, -0.25) is 0 Å². The second-order valence-corrected chi connectivity index (χ2v) is 5.16. The van der Waals surface area contributed by atoms with E-state index in [1.807, 2.05) is 0 Å². The zero-order valence-corrected chi connectivity index (χ0v) is 13.3. The van der Waals surface area contributed by atoms with Crippen LogP contribution in [-0.4, -0.2) is 98.7 Å². The number of hydrogen-bond donors (Lipinski definition) is 5. The van der Waals surface area contributed by atoms with E-state index < -0.39 is 0 Å². The van der Waals surface area contributed by atoms with Crippen LogP contribution in [0, 0.1) is 0 Å². The predicted octanol–water partition coefficient (Wildman–Crippen LogP) is -2.14. The van der Waals surface area contributed by atoms with Crippen LogP contribution >= 0.6 is 0 Å². The molecule has 0 fully saturated rings. The quantitative estimate of drug-likeness (QED) is 0.207. The highest BCUT2D eigenvalue weighted by molar-refractivity contribution is 4.63. The van der Waals surface area contributed by atoms with Gasteiger partial charge in [0.05, 0.1) is 0 Å². The lowest BCUT2D eigenvalue weighted by Crippen LogP contribution is -2.40. The van der Waals surface area contributed by atoms with E-state index in [0.717, 1.165) is 65.2 Å². The van der Waals surface area contributed by atoms with Crippen molar-refractivity contribution in [2.24, 2.45) is 11.5 Å². The molecule has 0 unspecified atom stereocenters. The van der Waals surface area contributed by atoms with Crippen LogP contribution in [0.5, 0.6) is 0 Å². The second-order valence-electron chi connectivity index (χ2n) is 5.16. The zero-order chi connectivity index (χ0) is 15.8. The van der Waals surface area contributed by atoms with E-state index in [0.29, 0.717) is 13.1 Å². The molecule has 0 aromatic carbocycles. The summed E-state index contributed by atoms with van der Waals surface area (Å²) in [5.74, 6) is 0. The van der Waals surface area contributed by atoms with Gasteiger partial charge in [-0.05, 0) is 12.8 Å². The van der Waals surface area contributed by atoms with Gasteiger partial charge in [0.1, 0.15) is 0 Å². The standard InChI is InChI=1S/C14H35N5O2/c15-3-9-18(7-1-13-20)11-5-17-6-12-19(10-4-16)8-2-14-21/h17,20-21H,1-16H2. The predicted molar refractivity (Wildman–Crippen MR) is 87.3 cm³/mol. The summed E-state index contributed by atoms with van der Waals surface area (Å²) >= 11 is 0. The molecular weight excluding hydrogens is 270 g/mol. The largest absolute Gasteiger partial charge is 0.396 e. The molecular formula is C14H35N5O2. The molecule has 7 heteroatoms. The minimum absolute atomic E-state index is 0.230. The van der Waals surface area contributed by atoms with Crippen molar-refractivity contribution in [3.63, 3.8) is 0 Å². The fourth-order valence-corrected chi connectivity index (χ4v) is 2.22. The van der Waals surface area contributed by atoms with Gasteiger partial charge in [0, 0.05) is 78.7 Å². The highest BCUT2D eigenvalue weighted by Gasteiger charge is 2.04. The summed E-state index contributed by atoms with van der Waals surface area (Å²) in [6.45, 7) is 9.03. The Bertz CT molecular complexity index is 190. The minimum Gasteiger partial charge on any atom is -0.396 e. The van der Waals surface area contributed by atoms with E-state index in [-0.39, 0.29) is 13.2 Å². The van der Waals surface area contributed by atoms with Crippen molar-refractivity contribution in [1.82, 2.24) is 15.1 Å². The van der Waals surface area contributed by atoms with E-state index in [1.54, 1.807) is 0 Å². The van der Waals surface area contributed by atoms with Crippen LogP contribution < -0.4 is 16.8 Å². The molecule has 0 amide bonds. The van der Waals surface area contributed by atoms with Gasteiger partial charge in [0.2, 0.25) is 0 Å². The number of nitrogens with one attached hydrogen (secondary N) is 1. The van der Waals surface area contributed by atoms with E-state index in [2.05, 4.69) is 15.1 Å². The number of aliphatic hydroxyl groups excluding tert-OH is 2. The number of nitrogens with two attached hydrogens (primary N) is 2. The molecule has 128 valence electrons. The summed E-state index contributed by atoms with van der Waals surface area (Å²) in [7, 11) is 0. The van der Waals surface area contributed by atoms with E-state index >= 15 is 0 Å². The summed E-state index contributed by atoms with van der Waals surface area (Å²) in [6.07, 6.45) is 1.59. The summed E-state index contributed by atoms with van der Waals surface area (Å²) < 4.78 is 0. The maximum Gasteiger partial charge on any atom is 0.0443 e. The third-order valence-corrected chi connectivity index (χ3v) is 3.37. The third-order valence-electron chi connectivity index (χ3n) is 3.37. The first kappa shape index (κ1) is 20.7. The Balaban J connectivity index is 3.69. The smallest absolute Gasteiger partial charge is 0.0443 e. The van der Waals surface area contributed by atoms with E-state index in [4.69, 9.17) is 21.7 Å². The molecule has 0 saturated carbocycles. The minimum atomic E-state index is 0.230. The molecule has 0 radical (unpaired) electrons. The van der Waals surface area contributed by atoms with Crippen LogP contribution in [0.25, 0.3) is 0 Å². The average molecular weight is 305 g/mol. The fraction of sp³-hybridized carbons (Fsp3) is 1.00. The Labute approximate surface area is 129 Å².